The molecule has 0 bridgehead atoms. The number of thiocarbonyl (C=S) groups is 1. The van der Waals surface area contributed by atoms with Crippen molar-refractivity contribution in [1.82, 2.24) is 10.6 Å². The van der Waals surface area contributed by atoms with E-state index in [1.807, 2.05) is 5.32 Å². The highest BCUT2D eigenvalue weighted by atomic mass is 32.1. The zero-order valence-corrected chi connectivity index (χ0v) is 9.98. The van der Waals surface area contributed by atoms with Crippen molar-refractivity contribution in [2.75, 3.05) is 0 Å². The van der Waals surface area contributed by atoms with Gasteiger partial charge in [0.1, 0.15) is 0 Å². The SMILES string of the molecule is O[C@@]1(C(F)(F)F)C[C@@H](c2ccccc2)NC(=S)N1. The summed E-state index contributed by atoms with van der Waals surface area (Å²) < 4.78 is 38.4. The van der Waals surface area contributed by atoms with Gasteiger partial charge in [-0.15, -0.1) is 0 Å². The van der Waals surface area contributed by atoms with Crippen LogP contribution in [0.5, 0.6) is 0 Å². The molecule has 2 rings (SSSR count). The van der Waals surface area contributed by atoms with Crippen molar-refractivity contribution in [3.63, 3.8) is 0 Å². The monoisotopic (exact) mass is 276 g/mol. The molecule has 1 saturated heterocycles. The summed E-state index contributed by atoms with van der Waals surface area (Å²) in [7, 11) is 0. The standard InChI is InChI=1S/C11H11F3N2OS/c12-11(13,14)10(17)6-8(15-9(18)16-10)7-4-2-1-3-5-7/h1-5,8,17H,6H2,(H2,15,16,18)/t8-,10+/m0/s1. The van der Waals surface area contributed by atoms with Gasteiger partial charge < -0.3 is 15.7 Å². The second kappa shape index (κ2) is 4.40. The molecule has 0 radical (unpaired) electrons. The topological polar surface area (TPSA) is 44.3 Å². The Bertz CT molecular complexity index is 451. The number of hydrogen-bond donors (Lipinski definition) is 3. The minimum Gasteiger partial charge on any atom is -0.363 e. The molecule has 1 aromatic rings. The molecule has 0 amide bonds. The molecule has 0 saturated carbocycles. The van der Waals surface area contributed by atoms with Crippen LogP contribution >= 0.6 is 12.2 Å². The molecule has 0 aliphatic carbocycles. The number of nitrogens with one attached hydrogen (secondary N) is 2. The van der Waals surface area contributed by atoms with E-state index in [-0.39, 0.29) is 5.11 Å². The Balaban J connectivity index is 2.28. The van der Waals surface area contributed by atoms with Crippen LogP contribution in [0.4, 0.5) is 13.2 Å². The molecule has 98 valence electrons. The zero-order valence-electron chi connectivity index (χ0n) is 9.16. The van der Waals surface area contributed by atoms with Crippen LogP contribution in [0.3, 0.4) is 0 Å². The van der Waals surface area contributed by atoms with E-state index in [0.717, 1.165) is 0 Å². The van der Waals surface area contributed by atoms with E-state index in [1.165, 1.54) is 0 Å². The van der Waals surface area contributed by atoms with Crippen LogP contribution in [-0.2, 0) is 0 Å². The number of rotatable bonds is 1. The highest BCUT2D eigenvalue weighted by Crippen LogP contribution is 2.37. The summed E-state index contributed by atoms with van der Waals surface area (Å²) in [5, 5.41) is 14.0. The van der Waals surface area contributed by atoms with E-state index >= 15 is 0 Å². The second-order valence-corrected chi connectivity index (χ2v) is 4.53. The Hall–Kier alpha value is -1.34. The minimum atomic E-state index is -4.79. The van der Waals surface area contributed by atoms with Gasteiger partial charge in [-0.2, -0.15) is 13.2 Å². The van der Waals surface area contributed by atoms with Crippen LogP contribution in [0.1, 0.15) is 18.0 Å². The summed E-state index contributed by atoms with van der Waals surface area (Å²) in [6.07, 6.45) is -5.33. The van der Waals surface area contributed by atoms with Gasteiger partial charge in [0.25, 0.3) is 0 Å². The van der Waals surface area contributed by atoms with Gasteiger partial charge in [-0.3, -0.25) is 0 Å². The van der Waals surface area contributed by atoms with E-state index in [9.17, 15) is 18.3 Å². The fraction of sp³-hybridized carbons (Fsp3) is 0.364. The number of halogens is 3. The number of alkyl halides is 3. The van der Waals surface area contributed by atoms with E-state index in [4.69, 9.17) is 12.2 Å². The van der Waals surface area contributed by atoms with Crippen LogP contribution in [-0.4, -0.2) is 22.1 Å². The van der Waals surface area contributed by atoms with Gasteiger partial charge in [0.05, 0.1) is 6.04 Å². The average molecular weight is 276 g/mol. The van der Waals surface area contributed by atoms with Gasteiger partial charge in [-0.1, -0.05) is 30.3 Å². The third-order valence-corrected chi connectivity index (χ3v) is 3.02. The van der Waals surface area contributed by atoms with Crippen LogP contribution in [0.15, 0.2) is 30.3 Å². The molecule has 0 spiro atoms. The molecule has 0 aromatic heterocycles. The first-order chi connectivity index (χ1) is 8.32. The maximum absolute atomic E-state index is 12.8. The lowest BCUT2D eigenvalue weighted by molar-refractivity contribution is -0.273. The summed E-state index contributed by atoms with van der Waals surface area (Å²) in [4.78, 5) is 0. The summed E-state index contributed by atoms with van der Waals surface area (Å²) in [6, 6.07) is 7.89. The van der Waals surface area contributed by atoms with Crippen LogP contribution in [0.25, 0.3) is 0 Å². The van der Waals surface area contributed by atoms with E-state index in [0.29, 0.717) is 5.56 Å². The van der Waals surface area contributed by atoms with Crippen molar-refractivity contribution >= 4 is 17.3 Å². The summed E-state index contributed by atoms with van der Waals surface area (Å²) in [6.45, 7) is 0. The summed E-state index contributed by atoms with van der Waals surface area (Å²) >= 11 is 4.72. The van der Waals surface area contributed by atoms with Crippen molar-refractivity contribution in [2.45, 2.75) is 24.4 Å². The first-order valence-electron chi connectivity index (χ1n) is 5.24. The first kappa shape index (κ1) is 13.1. The van der Waals surface area contributed by atoms with Gasteiger partial charge in [-0.25, -0.2) is 0 Å². The molecule has 1 aliphatic rings. The third kappa shape index (κ3) is 2.41. The molecule has 1 aliphatic heterocycles. The van der Waals surface area contributed by atoms with Crippen LogP contribution in [0, 0.1) is 0 Å². The average Bonchev–Trinajstić information content (AvgIpc) is 2.27. The molecule has 1 fully saturated rings. The highest BCUT2D eigenvalue weighted by molar-refractivity contribution is 7.80. The molecular formula is C11H11F3N2OS. The lowest BCUT2D eigenvalue weighted by atomic mass is 9.94. The molecular weight excluding hydrogens is 265 g/mol. The van der Waals surface area contributed by atoms with Gasteiger partial charge >= 0.3 is 6.18 Å². The van der Waals surface area contributed by atoms with Gasteiger partial charge in [0, 0.05) is 6.42 Å². The molecule has 7 heteroatoms. The predicted octanol–water partition coefficient (Wildman–Crippen LogP) is 1.85. The normalized spacial score (nSPS) is 28.4. The number of aliphatic hydroxyl groups is 1. The molecule has 18 heavy (non-hydrogen) atoms. The second-order valence-electron chi connectivity index (χ2n) is 4.12. The third-order valence-electron chi connectivity index (χ3n) is 2.80. The Morgan fingerprint density at radius 2 is 1.89 bits per heavy atom. The van der Waals surface area contributed by atoms with Crippen LogP contribution in [0.2, 0.25) is 0 Å². The highest BCUT2D eigenvalue weighted by Gasteiger charge is 2.57. The Labute approximate surface area is 107 Å². The van der Waals surface area contributed by atoms with E-state index < -0.39 is 24.4 Å². The zero-order chi connectivity index (χ0) is 13.4. The predicted molar refractivity (Wildman–Crippen MR) is 63.7 cm³/mol. The molecule has 3 N–H and O–H groups in total. The molecule has 3 nitrogen and oxygen atoms in total. The molecule has 1 heterocycles. The van der Waals surface area contributed by atoms with Gasteiger partial charge in [0.15, 0.2) is 5.11 Å². The fourth-order valence-corrected chi connectivity index (χ4v) is 2.16. The Morgan fingerprint density at radius 1 is 1.28 bits per heavy atom. The summed E-state index contributed by atoms with van der Waals surface area (Å²) in [5.74, 6) is 0. The summed E-state index contributed by atoms with van der Waals surface area (Å²) in [5.41, 5.74) is -2.35. The maximum Gasteiger partial charge on any atom is 0.436 e. The number of benzene rings is 1. The van der Waals surface area contributed by atoms with Crippen molar-refractivity contribution in [1.29, 1.82) is 0 Å². The molecule has 1 aromatic carbocycles. The van der Waals surface area contributed by atoms with E-state index in [1.54, 1.807) is 30.3 Å². The smallest absolute Gasteiger partial charge is 0.363 e. The fourth-order valence-electron chi connectivity index (χ4n) is 1.85. The first-order valence-corrected chi connectivity index (χ1v) is 5.65. The van der Waals surface area contributed by atoms with E-state index in [2.05, 4.69) is 5.32 Å². The van der Waals surface area contributed by atoms with Crippen molar-refractivity contribution in [3.05, 3.63) is 35.9 Å². The van der Waals surface area contributed by atoms with Gasteiger partial charge in [0.2, 0.25) is 5.72 Å². The lowest BCUT2D eigenvalue weighted by Gasteiger charge is -2.40. The minimum absolute atomic E-state index is 0.213. The van der Waals surface area contributed by atoms with Crippen LogP contribution < -0.4 is 10.6 Å². The lowest BCUT2D eigenvalue weighted by Crippen LogP contribution is -2.66. The van der Waals surface area contributed by atoms with Crippen molar-refractivity contribution in [3.8, 4) is 0 Å². The number of hydrogen-bond acceptors (Lipinski definition) is 2. The van der Waals surface area contributed by atoms with Crippen molar-refractivity contribution in [2.24, 2.45) is 0 Å². The Morgan fingerprint density at radius 3 is 2.44 bits per heavy atom. The molecule has 2 atom stereocenters. The molecule has 0 unspecified atom stereocenters. The largest absolute Gasteiger partial charge is 0.436 e. The van der Waals surface area contributed by atoms with Crippen molar-refractivity contribution < 1.29 is 18.3 Å². The van der Waals surface area contributed by atoms with Gasteiger partial charge in [-0.05, 0) is 17.8 Å². The quantitative estimate of drug-likeness (QED) is 0.685. The maximum atomic E-state index is 12.8. The Kier molecular flexibility index (Phi) is 3.20.